The molecule has 3 aliphatic rings. The molecule has 0 aromatic rings. The average Bonchev–Trinajstić information content (AvgIpc) is 3.18. The van der Waals surface area contributed by atoms with Crippen LogP contribution in [-0.4, -0.2) is 19.0 Å². The fourth-order valence-electron chi connectivity index (χ4n) is 3.19. The van der Waals surface area contributed by atoms with Crippen molar-refractivity contribution >= 4 is 5.78 Å². The van der Waals surface area contributed by atoms with Crippen LogP contribution in [0.3, 0.4) is 0 Å². The number of hydrogen-bond acceptors (Lipinski definition) is 2. The van der Waals surface area contributed by atoms with Crippen LogP contribution in [0.2, 0.25) is 0 Å². The van der Waals surface area contributed by atoms with Crippen molar-refractivity contribution in [1.82, 2.24) is 0 Å². The Morgan fingerprint density at radius 1 is 0.815 bits per heavy atom. The van der Waals surface area contributed by atoms with Gasteiger partial charge in [-0.3, -0.25) is 4.79 Å². The molecule has 27 heavy (non-hydrogen) atoms. The predicted octanol–water partition coefficient (Wildman–Crippen LogP) is 7.12. The molecular weight excluding hydrogens is 332 g/mol. The van der Waals surface area contributed by atoms with Gasteiger partial charge in [0.15, 0.2) is 5.78 Å². The fourth-order valence-corrected chi connectivity index (χ4v) is 3.19. The Bertz CT molecular complexity index is 437. The molecule has 0 spiro atoms. The van der Waals surface area contributed by atoms with E-state index in [1.807, 2.05) is 13.0 Å². The number of carbonyl (C=O) groups excluding carboxylic acids is 1. The van der Waals surface area contributed by atoms with Crippen molar-refractivity contribution in [2.75, 3.05) is 13.2 Å². The maximum Gasteiger partial charge on any atom is 0.158 e. The third-order valence-corrected chi connectivity index (χ3v) is 6.27. The zero-order valence-corrected chi connectivity index (χ0v) is 17.1. The first kappa shape index (κ1) is 28.1. The van der Waals surface area contributed by atoms with E-state index in [1.165, 1.54) is 18.4 Å². The van der Waals surface area contributed by atoms with Crippen LogP contribution in [0.25, 0.3) is 0 Å². The van der Waals surface area contributed by atoms with Gasteiger partial charge >= 0.3 is 0 Å². The third-order valence-electron chi connectivity index (χ3n) is 6.27. The van der Waals surface area contributed by atoms with Crippen LogP contribution in [0.4, 0.5) is 0 Å². The molecule has 1 saturated heterocycles. The summed E-state index contributed by atoms with van der Waals surface area (Å²) < 4.78 is 4.94. The topological polar surface area (TPSA) is 26.3 Å². The van der Waals surface area contributed by atoms with Crippen molar-refractivity contribution in [1.29, 1.82) is 0 Å². The van der Waals surface area contributed by atoms with Crippen molar-refractivity contribution in [3.63, 3.8) is 0 Å². The number of hydrogen-bond donors (Lipinski definition) is 0. The summed E-state index contributed by atoms with van der Waals surface area (Å²) in [7, 11) is 0. The molecule has 1 aliphatic heterocycles. The van der Waals surface area contributed by atoms with Crippen LogP contribution in [0.15, 0.2) is 36.5 Å². The Kier molecular flexibility index (Phi) is 14.5. The van der Waals surface area contributed by atoms with E-state index in [0.717, 1.165) is 25.0 Å². The maximum absolute atomic E-state index is 11.1. The van der Waals surface area contributed by atoms with E-state index >= 15 is 0 Å². The van der Waals surface area contributed by atoms with Crippen molar-refractivity contribution in [3.8, 4) is 0 Å². The molecule has 2 aliphatic carbocycles. The molecule has 0 radical (unpaired) electrons. The van der Waals surface area contributed by atoms with Gasteiger partial charge in [-0.15, -0.1) is 0 Å². The molecule has 0 N–H and O–H groups in total. The second-order valence-corrected chi connectivity index (χ2v) is 8.03. The lowest BCUT2D eigenvalue weighted by molar-refractivity contribution is -0.120. The van der Waals surface area contributed by atoms with E-state index in [0.29, 0.717) is 17.8 Å². The van der Waals surface area contributed by atoms with E-state index in [9.17, 15) is 4.79 Å². The SMILES string of the molecule is C.C.C1CCOC1.C=C1C=CC(C)C(C)C1C.CC1C=CC(=O)C(C)C1C. The zero-order valence-electron chi connectivity index (χ0n) is 17.1. The van der Waals surface area contributed by atoms with E-state index < -0.39 is 0 Å². The summed E-state index contributed by atoms with van der Waals surface area (Å²) in [6, 6.07) is 0. The van der Waals surface area contributed by atoms with E-state index in [2.05, 4.69) is 53.3 Å². The molecule has 6 unspecified atom stereocenters. The van der Waals surface area contributed by atoms with Gasteiger partial charge in [0.25, 0.3) is 0 Å². The molecule has 2 heteroatoms. The minimum Gasteiger partial charge on any atom is -0.381 e. The number of carbonyl (C=O) groups is 1. The summed E-state index contributed by atoms with van der Waals surface area (Å²) >= 11 is 0. The molecule has 0 amide bonds. The molecule has 1 fully saturated rings. The number of ketones is 1. The van der Waals surface area contributed by atoms with Crippen LogP contribution >= 0.6 is 0 Å². The summed E-state index contributed by atoms with van der Waals surface area (Å²) in [5.74, 6) is 3.73. The molecule has 0 bridgehead atoms. The maximum atomic E-state index is 11.1. The van der Waals surface area contributed by atoms with Crippen LogP contribution in [0.1, 0.15) is 69.2 Å². The fraction of sp³-hybridized carbons (Fsp3) is 0.720. The molecular formula is C25H46O2. The second-order valence-electron chi connectivity index (χ2n) is 8.03. The first-order valence-electron chi connectivity index (χ1n) is 9.92. The van der Waals surface area contributed by atoms with Gasteiger partial charge in [-0.2, -0.15) is 0 Å². The standard InChI is InChI=1S/C10H16.C9H14O.C4H8O.2CH4/c1-7-5-6-8(2)10(4)9(7)3;1-6-4-5-9(10)8(3)7(6)2;1-2-4-5-3-1;;/h5-6,8-10H,1H2,2-4H3;4-8H,1-3H3;1-4H2;2*1H4. The number of ether oxygens (including phenoxy) is 1. The van der Waals surface area contributed by atoms with Crippen LogP contribution in [-0.2, 0) is 9.53 Å². The average molecular weight is 379 g/mol. The van der Waals surface area contributed by atoms with Gasteiger partial charge in [-0.05, 0) is 48.5 Å². The highest BCUT2D eigenvalue weighted by atomic mass is 16.5. The smallest absolute Gasteiger partial charge is 0.158 e. The highest BCUT2D eigenvalue weighted by Crippen LogP contribution is 2.31. The van der Waals surface area contributed by atoms with E-state index in [4.69, 9.17) is 4.74 Å². The molecule has 1 heterocycles. The van der Waals surface area contributed by atoms with E-state index in [-0.39, 0.29) is 26.6 Å². The van der Waals surface area contributed by atoms with Gasteiger partial charge in [0.1, 0.15) is 0 Å². The molecule has 3 rings (SSSR count). The number of allylic oxidation sites excluding steroid dienone is 5. The lowest BCUT2D eigenvalue weighted by Gasteiger charge is -2.28. The summed E-state index contributed by atoms with van der Waals surface area (Å²) in [5.41, 5.74) is 1.28. The van der Waals surface area contributed by atoms with Crippen LogP contribution < -0.4 is 0 Å². The van der Waals surface area contributed by atoms with Crippen molar-refractivity contribution in [2.45, 2.75) is 69.2 Å². The van der Waals surface area contributed by atoms with Crippen molar-refractivity contribution < 1.29 is 9.53 Å². The zero-order chi connectivity index (χ0) is 19.0. The quantitative estimate of drug-likeness (QED) is 0.448. The van der Waals surface area contributed by atoms with Gasteiger partial charge in [-0.25, -0.2) is 0 Å². The minimum absolute atomic E-state index is 0. The van der Waals surface area contributed by atoms with E-state index in [1.54, 1.807) is 6.08 Å². The monoisotopic (exact) mass is 378 g/mol. The van der Waals surface area contributed by atoms with Gasteiger partial charge < -0.3 is 4.74 Å². The Morgan fingerprint density at radius 3 is 1.63 bits per heavy atom. The Morgan fingerprint density at radius 2 is 1.26 bits per heavy atom. The lowest BCUT2D eigenvalue weighted by atomic mass is 9.77. The van der Waals surface area contributed by atoms with Gasteiger partial charge in [0.05, 0.1) is 0 Å². The minimum atomic E-state index is 0. The highest BCUT2D eigenvalue weighted by Gasteiger charge is 2.25. The molecule has 0 aromatic carbocycles. The van der Waals surface area contributed by atoms with Crippen molar-refractivity contribution in [2.24, 2.45) is 35.5 Å². The predicted molar refractivity (Wildman–Crippen MR) is 121 cm³/mol. The first-order chi connectivity index (χ1) is 11.8. The molecule has 6 atom stereocenters. The summed E-state index contributed by atoms with van der Waals surface area (Å²) in [5, 5.41) is 0. The summed E-state index contributed by atoms with van der Waals surface area (Å²) in [4.78, 5) is 11.1. The molecule has 0 saturated carbocycles. The first-order valence-corrected chi connectivity index (χ1v) is 9.92. The third kappa shape index (κ3) is 9.06. The summed E-state index contributed by atoms with van der Waals surface area (Å²) in [6.45, 7) is 19.1. The van der Waals surface area contributed by atoms with Crippen LogP contribution in [0.5, 0.6) is 0 Å². The normalized spacial score (nSPS) is 34.3. The van der Waals surface area contributed by atoms with Crippen molar-refractivity contribution in [3.05, 3.63) is 36.5 Å². The van der Waals surface area contributed by atoms with Gasteiger partial charge in [0, 0.05) is 19.1 Å². The second kappa shape index (κ2) is 13.9. The molecule has 2 nitrogen and oxygen atoms in total. The summed E-state index contributed by atoms with van der Waals surface area (Å²) in [6.07, 6.45) is 10.7. The van der Waals surface area contributed by atoms with Gasteiger partial charge in [-0.1, -0.05) is 86.8 Å². The lowest BCUT2D eigenvalue weighted by Crippen LogP contribution is -2.25. The largest absolute Gasteiger partial charge is 0.381 e. The Balaban J connectivity index is 0. The molecule has 0 aromatic heterocycles. The molecule has 158 valence electrons. The highest BCUT2D eigenvalue weighted by molar-refractivity contribution is 5.92. The Hall–Kier alpha value is -1.15. The number of rotatable bonds is 0. The van der Waals surface area contributed by atoms with Gasteiger partial charge in [0.2, 0.25) is 0 Å². The van der Waals surface area contributed by atoms with Crippen LogP contribution in [0, 0.1) is 35.5 Å². The Labute approximate surface area is 170 Å².